The fourth-order valence-corrected chi connectivity index (χ4v) is 2.22. The monoisotopic (exact) mass is 323 g/mol. The Bertz CT molecular complexity index is 841. The molecule has 122 valence electrons. The molecule has 1 heterocycles. The number of benzene rings is 2. The Morgan fingerprint density at radius 1 is 1.21 bits per heavy atom. The normalized spacial score (nSPS) is 10.4. The van der Waals surface area contributed by atoms with E-state index in [-0.39, 0.29) is 12.5 Å². The SMILES string of the molecule is COc1ccc(C(=O)NCc2noc(-c3cccc(C)c3)n2)cc1. The van der Waals surface area contributed by atoms with Crippen molar-refractivity contribution in [2.24, 2.45) is 0 Å². The number of nitrogens with one attached hydrogen (secondary N) is 1. The van der Waals surface area contributed by atoms with Crippen LogP contribution in [-0.2, 0) is 6.54 Å². The summed E-state index contributed by atoms with van der Waals surface area (Å²) in [6.07, 6.45) is 0. The first-order valence-corrected chi connectivity index (χ1v) is 7.47. The summed E-state index contributed by atoms with van der Waals surface area (Å²) in [4.78, 5) is 16.4. The van der Waals surface area contributed by atoms with Crippen LogP contribution in [0.5, 0.6) is 5.75 Å². The third-order valence-electron chi connectivity index (χ3n) is 3.49. The molecule has 24 heavy (non-hydrogen) atoms. The number of carbonyl (C=O) groups is 1. The maximum Gasteiger partial charge on any atom is 0.257 e. The van der Waals surface area contributed by atoms with Crippen molar-refractivity contribution >= 4 is 5.91 Å². The van der Waals surface area contributed by atoms with Crippen molar-refractivity contribution < 1.29 is 14.1 Å². The number of hydrogen-bond acceptors (Lipinski definition) is 5. The summed E-state index contributed by atoms with van der Waals surface area (Å²) < 4.78 is 10.3. The van der Waals surface area contributed by atoms with Crippen LogP contribution in [-0.4, -0.2) is 23.2 Å². The molecule has 1 amide bonds. The van der Waals surface area contributed by atoms with E-state index in [1.165, 1.54) is 0 Å². The van der Waals surface area contributed by atoms with Crippen LogP contribution in [0, 0.1) is 6.92 Å². The minimum absolute atomic E-state index is 0.195. The summed E-state index contributed by atoms with van der Waals surface area (Å²) in [5.41, 5.74) is 2.51. The molecule has 1 N–H and O–H groups in total. The molecule has 0 spiro atoms. The zero-order valence-corrected chi connectivity index (χ0v) is 13.4. The minimum atomic E-state index is -0.209. The average molecular weight is 323 g/mol. The smallest absolute Gasteiger partial charge is 0.257 e. The molecule has 0 aliphatic heterocycles. The number of amides is 1. The predicted molar refractivity (Wildman–Crippen MR) is 88.6 cm³/mol. The molecular formula is C18H17N3O3. The third-order valence-corrected chi connectivity index (χ3v) is 3.49. The molecule has 1 aromatic heterocycles. The first-order valence-electron chi connectivity index (χ1n) is 7.47. The summed E-state index contributed by atoms with van der Waals surface area (Å²) in [6, 6.07) is 14.7. The number of nitrogens with zero attached hydrogens (tertiary/aromatic N) is 2. The maximum absolute atomic E-state index is 12.1. The van der Waals surface area contributed by atoms with Gasteiger partial charge in [-0.2, -0.15) is 4.98 Å². The fourth-order valence-electron chi connectivity index (χ4n) is 2.22. The Labute approximate surface area is 139 Å². The van der Waals surface area contributed by atoms with Crippen molar-refractivity contribution in [3.8, 4) is 17.2 Å². The topological polar surface area (TPSA) is 77.2 Å². The van der Waals surface area contributed by atoms with Crippen LogP contribution in [0.25, 0.3) is 11.5 Å². The number of carbonyl (C=O) groups excluding carboxylic acids is 1. The summed E-state index contributed by atoms with van der Waals surface area (Å²) in [7, 11) is 1.58. The molecule has 2 aromatic carbocycles. The van der Waals surface area contributed by atoms with Crippen molar-refractivity contribution in [3.05, 3.63) is 65.5 Å². The maximum atomic E-state index is 12.1. The fraction of sp³-hybridized carbons (Fsp3) is 0.167. The van der Waals surface area contributed by atoms with Crippen LogP contribution in [0.2, 0.25) is 0 Å². The molecule has 0 unspecified atom stereocenters. The lowest BCUT2D eigenvalue weighted by Crippen LogP contribution is -2.23. The van der Waals surface area contributed by atoms with E-state index in [0.717, 1.165) is 11.1 Å². The van der Waals surface area contributed by atoms with E-state index in [1.807, 2.05) is 31.2 Å². The van der Waals surface area contributed by atoms with Crippen LogP contribution in [0.1, 0.15) is 21.7 Å². The van der Waals surface area contributed by atoms with Crippen molar-refractivity contribution in [1.82, 2.24) is 15.5 Å². The highest BCUT2D eigenvalue weighted by Crippen LogP contribution is 2.18. The third kappa shape index (κ3) is 3.60. The van der Waals surface area contributed by atoms with Crippen LogP contribution < -0.4 is 10.1 Å². The van der Waals surface area contributed by atoms with E-state index < -0.39 is 0 Å². The van der Waals surface area contributed by atoms with Gasteiger partial charge in [-0.05, 0) is 43.3 Å². The minimum Gasteiger partial charge on any atom is -0.497 e. The molecule has 0 bridgehead atoms. The summed E-state index contributed by atoms with van der Waals surface area (Å²) in [6.45, 7) is 2.19. The second kappa shape index (κ2) is 6.95. The van der Waals surface area contributed by atoms with E-state index in [4.69, 9.17) is 9.26 Å². The van der Waals surface area contributed by atoms with Crippen molar-refractivity contribution in [3.63, 3.8) is 0 Å². The largest absolute Gasteiger partial charge is 0.497 e. The van der Waals surface area contributed by atoms with E-state index in [2.05, 4.69) is 15.5 Å². The molecule has 0 aliphatic rings. The van der Waals surface area contributed by atoms with Crippen molar-refractivity contribution in [1.29, 1.82) is 0 Å². The molecule has 0 atom stereocenters. The van der Waals surface area contributed by atoms with Gasteiger partial charge in [0, 0.05) is 11.1 Å². The lowest BCUT2D eigenvalue weighted by molar-refractivity contribution is 0.0949. The Hall–Kier alpha value is -3.15. The lowest BCUT2D eigenvalue weighted by atomic mass is 10.1. The quantitative estimate of drug-likeness (QED) is 0.781. The Kier molecular flexibility index (Phi) is 4.56. The predicted octanol–water partition coefficient (Wildman–Crippen LogP) is 2.98. The Balaban J connectivity index is 1.63. The summed E-state index contributed by atoms with van der Waals surface area (Å²) >= 11 is 0. The molecule has 3 rings (SSSR count). The molecule has 0 radical (unpaired) electrons. The molecule has 6 heteroatoms. The van der Waals surface area contributed by atoms with Crippen LogP contribution in [0.15, 0.2) is 53.1 Å². The average Bonchev–Trinajstić information content (AvgIpc) is 3.09. The number of aromatic nitrogens is 2. The van der Waals surface area contributed by atoms with Crippen LogP contribution in [0.3, 0.4) is 0 Å². The summed E-state index contributed by atoms with van der Waals surface area (Å²) in [5, 5.41) is 6.66. The Morgan fingerprint density at radius 2 is 2.00 bits per heavy atom. The first-order chi connectivity index (χ1) is 11.7. The van der Waals surface area contributed by atoms with Crippen LogP contribution >= 0.6 is 0 Å². The lowest BCUT2D eigenvalue weighted by Gasteiger charge is -2.03. The van der Waals surface area contributed by atoms with Crippen molar-refractivity contribution in [2.45, 2.75) is 13.5 Å². The highest BCUT2D eigenvalue weighted by atomic mass is 16.5. The van der Waals surface area contributed by atoms with Gasteiger partial charge in [-0.15, -0.1) is 0 Å². The van der Waals surface area contributed by atoms with Gasteiger partial charge in [-0.1, -0.05) is 22.9 Å². The number of methoxy groups -OCH3 is 1. The van der Waals surface area contributed by atoms with E-state index >= 15 is 0 Å². The van der Waals surface area contributed by atoms with Gasteiger partial charge in [0.05, 0.1) is 13.7 Å². The molecule has 0 saturated carbocycles. The molecule has 6 nitrogen and oxygen atoms in total. The summed E-state index contributed by atoms with van der Waals surface area (Å²) in [5.74, 6) is 1.35. The van der Waals surface area contributed by atoms with E-state index in [0.29, 0.717) is 23.0 Å². The Morgan fingerprint density at radius 3 is 2.71 bits per heavy atom. The highest BCUT2D eigenvalue weighted by molar-refractivity contribution is 5.94. The van der Waals surface area contributed by atoms with Gasteiger partial charge in [0.15, 0.2) is 5.82 Å². The molecule has 0 aliphatic carbocycles. The second-order valence-corrected chi connectivity index (χ2v) is 5.30. The zero-order chi connectivity index (χ0) is 16.9. The molecule has 3 aromatic rings. The van der Waals surface area contributed by atoms with E-state index in [9.17, 15) is 4.79 Å². The first kappa shape index (κ1) is 15.7. The van der Waals surface area contributed by atoms with Gasteiger partial charge in [0.2, 0.25) is 0 Å². The van der Waals surface area contributed by atoms with E-state index in [1.54, 1.807) is 31.4 Å². The van der Waals surface area contributed by atoms with Gasteiger partial charge >= 0.3 is 0 Å². The van der Waals surface area contributed by atoms with Gasteiger partial charge in [0.25, 0.3) is 11.8 Å². The van der Waals surface area contributed by atoms with Gasteiger partial charge in [0.1, 0.15) is 5.75 Å². The zero-order valence-electron chi connectivity index (χ0n) is 13.4. The molecule has 0 fully saturated rings. The highest BCUT2D eigenvalue weighted by Gasteiger charge is 2.11. The number of aryl methyl sites for hydroxylation is 1. The molecular weight excluding hydrogens is 306 g/mol. The second-order valence-electron chi connectivity index (χ2n) is 5.30. The van der Waals surface area contributed by atoms with Gasteiger partial charge in [-0.25, -0.2) is 0 Å². The molecule has 0 saturated heterocycles. The number of rotatable bonds is 5. The number of ether oxygens (including phenoxy) is 1. The van der Waals surface area contributed by atoms with Gasteiger partial charge in [-0.3, -0.25) is 4.79 Å². The number of hydrogen-bond donors (Lipinski definition) is 1. The van der Waals surface area contributed by atoms with Crippen molar-refractivity contribution in [2.75, 3.05) is 7.11 Å². The standard InChI is InChI=1S/C18H17N3O3/c1-12-4-3-5-14(10-12)18-20-16(21-24-18)11-19-17(22)13-6-8-15(23-2)9-7-13/h3-10H,11H2,1-2H3,(H,19,22). The van der Waals surface area contributed by atoms with Gasteiger partial charge < -0.3 is 14.6 Å². The van der Waals surface area contributed by atoms with Crippen LogP contribution in [0.4, 0.5) is 0 Å².